The van der Waals surface area contributed by atoms with Crippen LogP contribution in [0.5, 0.6) is 0 Å². The van der Waals surface area contributed by atoms with Gasteiger partial charge in [-0.3, -0.25) is 4.90 Å². The van der Waals surface area contributed by atoms with Crippen LogP contribution < -0.4 is 0 Å². The number of hydrogen-bond acceptors (Lipinski definition) is 3. The largest absolute Gasteiger partial charge is 0.373 e. The second kappa shape index (κ2) is 4.14. The Balaban J connectivity index is 2.09. The van der Waals surface area contributed by atoms with Crippen molar-refractivity contribution in [1.29, 1.82) is 5.26 Å². The van der Waals surface area contributed by atoms with Crippen LogP contribution >= 0.6 is 0 Å². The van der Waals surface area contributed by atoms with Crippen LogP contribution in [-0.2, 0) is 16.9 Å². The quantitative estimate of drug-likeness (QED) is 0.738. The van der Waals surface area contributed by atoms with Gasteiger partial charge in [0.15, 0.2) is 5.54 Å². The number of nitrogens with zero attached hydrogens (tertiary/aromatic N) is 2. The van der Waals surface area contributed by atoms with Crippen LogP contribution in [0.4, 0.5) is 0 Å². The molecule has 0 N–H and O–H groups in total. The molecule has 0 radical (unpaired) electrons. The topological polar surface area (TPSA) is 36.3 Å². The lowest BCUT2D eigenvalue weighted by atomic mass is 9.85. The van der Waals surface area contributed by atoms with Crippen molar-refractivity contribution in [3.05, 3.63) is 35.4 Å². The smallest absolute Gasteiger partial charge is 0.158 e. The van der Waals surface area contributed by atoms with Crippen LogP contribution in [0.2, 0.25) is 0 Å². The number of benzene rings is 1. The van der Waals surface area contributed by atoms with E-state index in [4.69, 9.17) is 4.74 Å². The molecule has 1 aromatic carbocycles. The van der Waals surface area contributed by atoms with E-state index < -0.39 is 5.54 Å². The Kier molecular flexibility index (Phi) is 2.62. The Hall–Kier alpha value is -1.37. The fraction of sp³-hybridized carbons (Fsp3) is 0.500. The predicted octanol–water partition coefficient (Wildman–Crippen LogP) is 2.03. The maximum atomic E-state index is 9.68. The highest BCUT2D eigenvalue weighted by Gasteiger charge is 2.43. The lowest BCUT2D eigenvalue weighted by Gasteiger charge is -2.40. The van der Waals surface area contributed by atoms with Gasteiger partial charge in [-0.05, 0) is 24.0 Å². The van der Waals surface area contributed by atoms with E-state index in [0.29, 0.717) is 13.2 Å². The average Bonchev–Trinajstić information content (AvgIpc) is 2.92. The van der Waals surface area contributed by atoms with Gasteiger partial charge in [0.25, 0.3) is 0 Å². The van der Waals surface area contributed by atoms with Gasteiger partial charge in [0.05, 0.1) is 19.3 Å². The summed E-state index contributed by atoms with van der Waals surface area (Å²) >= 11 is 0. The van der Waals surface area contributed by atoms with E-state index in [-0.39, 0.29) is 0 Å². The molecule has 0 saturated carbocycles. The number of rotatable bonds is 1. The Bertz CT molecular complexity index is 460. The highest BCUT2D eigenvalue weighted by atomic mass is 16.5. The molecule has 1 saturated heterocycles. The van der Waals surface area contributed by atoms with Gasteiger partial charge in [-0.25, -0.2) is 0 Å². The Morgan fingerprint density at radius 1 is 1.24 bits per heavy atom. The van der Waals surface area contributed by atoms with Gasteiger partial charge < -0.3 is 4.74 Å². The van der Waals surface area contributed by atoms with Crippen molar-refractivity contribution in [2.75, 3.05) is 19.7 Å². The van der Waals surface area contributed by atoms with Gasteiger partial charge in [0.2, 0.25) is 0 Å². The molecule has 17 heavy (non-hydrogen) atoms. The molecule has 0 spiro atoms. The molecule has 0 aliphatic carbocycles. The van der Waals surface area contributed by atoms with Crippen LogP contribution in [0.3, 0.4) is 0 Å². The van der Waals surface area contributed by atoms with Crippen LogP contribution in [0, 0.1) is 11.3 Å². The molecular weight excluding hydrogens is 212 g/mol. The van der Waals surface area contributed by atoms with Gasteiger partial charge in [0.1, 0.15) is 0 Å². The standard InChI is InChI=1S/C14H16N2O/c15-10-14(16-7-3-4-8-16)11-17-9-12-5-1-2-6-13(12)14/h1-2,5-6H,3-4,7-9,11H2. The first-order valence-electron chi connectivity index (χ1n) is 6.19. The molecule has 0 amide bonds. The monoisotopic (exact) mass is 228 g/mol. The molecule has 2 heterocycles. The van der Waals surface area contributed by atoms with Crippen molar-refractivity contribution in [2.24, 2.45) is 0 Å². The minimum absolute atomic E-state index is 0.501. The average molecular weight is 228 g/mol. The van der Waals surface area contributed by atoms with Gasteiger partial charge in [0, 0.05) is 13.1 Å². The van der Waals surface area contributed by atoms with Gasteiger partial charge in [-0.15, -0.1) is 0 Å². The molecule has 2 aliphatic heterocycles. The Labute approximate surface area is 102 Å². The minimum atomic E-state index is -0.550. The fourth-order valence-electron chi connectivity index (χ4n) is 2.96. The van der Waals surface area contributed by atoms with Crippen molar-refractivity contribution in [2.45, 2.75) is 25.0 Å². The summed E-state index contributed by atoms with van der Waals surface area (Å²) in [5.41, 5.74) is 1.76. The molecule has 3 nitrogen and oxygen atoms in total. The molecule has 1 atom stereocenters. The molecule has 88 valence electrons. The van der Waals surface area contributed by atoms with Crippen LogP contribution in [0.25, 0.3) is 0 Å². The lowest BCUT2D eigenvalue weighted by molar-refractivity contribution is 0.00504. The molecule has 1 unspecified atom stereocenters. The Morgan fingerprint density at radius 3 is 2.76 bits per heavy atom. The third-order valence-corrected chi connectivity index (χ3v) is 3.86. The highest BCUT2D eigenvalue weighted by Crippen LogP contribution is 2.37. The van der Waals surface area contributed by atoms with Gasteiger partial charge in [-0.1, -0.05) is 24.3 Å². The summed E-state index contributed by atoms with van der Waals surface area (Å²) in [6.45, 7) is 3.14. The number of likely N-dealkylation sites (tertiary alicyclic amines) is 1. The summed E-state index contributed by atoms with van der Waals surface area (Å²) in [5.74, 6) is 0. The fourth-order valence-corrected chi connectivity index (χ4v) is 2.96. The summed E-state index contributed by atoms with van der Waals surface area (Å²) in [5, 5.41) is 9.68. The first-order chi connectivity index (χ1) is 8.37. The highest BCUT2D eigenvalue weighted by molar-refractivity contribution is 5.40. The summed E-state index contributed by atoms with van der Waals surface area (Å²) in [7, 11) is 0. The zero-order valence-corrected chi connectivity index (χ0v) is 9.85. The van der Waals surface area contributed by atoms with Crippen LogP contribution in [0.1, 0.15) is 24.0 Å². The van der Waals surface area contributed by atoms with Crippen LogP contribution in [0.15, 0.2) is 24.3 Å². The van der Waals surface area contributed by atoms with E-state index >= 15 is 0 Å². The molecule has 1 fully saturated rings. The second-order valence-electron chi connectivity index (χ2n) is 4.82. The van der Waals surface area contributed by atoms with Crippen molar-refractivity contribution in [1.82, 2.24) is 4.90 Å². The summed E-state index contributed by atoms with van der Waals surface area (Å²) in [4.78, 5) is 2.28. The number of hydrogen-bond donors (Lipinski definition) is 0. The van der Waals surface area contributed by atoms with E-state index in [2.05, 4.69) is 23.1 Å². The van der Waals surface area contributed by atoms with Crippen molar-refractivity contribution < 1.29 is 4.74 Å². The summed E-state index contributed by atoms with van der Waals surface area (Å²) < 4.78 is 5.65. The lowest BCUT2D eigenvalue weighted by Crippen LogP contribution is -2.49. The molecule has 3 heteroatoms. The van der Waals surface area contributed by atoms with E-state index in [1.165, 1.54) is 12.8 Å². The maximum Gasteiger partial charge on any atom is 0.158 e. The second-order valence-corrected chi connectivity index (χ2v) is 4.82. The predicted molar refractivity (Wildman–Crippen MR) is 64.2 cm³/mol. The van der Waals surface area contributed by atoms with E-state index in [1.54, 1.807) is 0 Å². The molecule has 0 aromatic heterocycles. The zero-order valence-electron chi connectivity index (χ0n) is 9.85. The third kappa shape index (κ3) is 1.56. The number of nitriles is 1. The van der Waals surface area contributed by atoms with Crippen molar-refractivity contribution >= 4 is 0 Å². The number of ether oxygens (including phenoxy) is 1. The molecule has 1 aromatic rings. The molecular formula is C14H16N2O. The van der Waals surface area contributed by atoms with Crippen molar-refractivity contribution in [3.8, 4) is 6.07 Å². The maximum absolute atomic E-state index is 9.68. The first kappa shape index (κ1) is 10.8. The molecule has 2 aliphatic rings. The Morgan fingerprint density at radius 2 is 2.00 bits per heavy atom. The SMILES string of the molecule is N#CC1(N2CCCC2)COCc2ccccc21. The van der Waals surface area contributed by atoms with E-state index in [0.717, 1.165) is 24.2 Å². The first-order valence-corrected chi connectivity index (χ1v) is 6.19. The van der Waals surface area contributed by atoms with Crippen LogP contribution in [-0.4, -0.2) is 24.6 Å². The number of fused-ring (bicyclic) bond motifs is 1. The summed E-state index contributed by atoms with van der Waals surface area (Å²) in [6.07, 6.45) is 2.37. The molecule has 3 rings (SSSR count). The summed E-state index contributed by atoms with van der Waals surface area (Å²) in [6, 6.07) is 10.7. The van der Waals surface area contributed by atoms with Gasteiger partial charge >= 0.3 is 0 Å². The van der Waals surface area contributed by atoms with E-state index in [1.807, 2.05) is 12.1 Å². The molecule has 0 bridgehead atoms. The third-order valence-electron chi connectivity index (χ3n) is 3.86. The van der Waals surface area contributed by atoms with Crippen molar-refractivity contribution in [3.63, 3.8) is 0 Å². The van der Waals surface area contributed by atoms with E-state index in [9.17, 15) is 5.26 Å². The normalized spacial score (nSPS) is 28.6. The van der Waals surface area contributed by atoms with Gasteiger partial charge in [-0.2, -0.15) is 5.26 Å². The zero-order chi connectivity index (χ0) is 11.7. The minimum Gasteiger partial charge on any atom is -0.373 e.